The van der Waals surface area contributed by atoms with E-state index in [1.807, 2.05) is 12.1 Å². The van der Waals surface area contributed by atoms with Crippen molar-refractivity contribution in [2.75, 3.05) is 12.4 Å². The molecule has 2 aromatic carbocycles. The third kappa shape index (κ3) is 3.13. The predicted octanol–water partition coefficient (Wildman–Crippen LogP) is 4.71. The molecule has 0 aliphatic rings. The van der Waals surface area contributed by atoms with Crippen molar-refractivity contribution in [2.24, 2.45) is 0 Å². The van der Waals surface area contributed by atoms with Crippen LogP contribution in [0.15, 0.2) is 40.8 Å². The first-order valence-corrected chi connectivity index (χ1v) is 8.04. The van der Waals surface area contributed by atoms with Crippen LogP contribution in [0.5, 0.6) is 0 Å². The van der Waals surface area contributed by atoms with Gasteiger partial charge < -0.3 is 14.5 Å². The van der Waals surface area contributed by atoms with Crippen molar-refractivity contribution in [3.05, 3.63) is 62.9 Å². The van der Waals surface area contributed by atoms with E-state index in [1.54, 1.807) is 34.7 Å². The molecule has 0 fully saturated rings. The average molecular weight is 443 g/mol. The van der Waals surface area contributed by atoms with Gasteiger partial charge in [-0.05, 0) is 40.8 Å². The summed E-state index contributed by atoms with van der Waals surface area (Å²) in [7, 11) is 1.51. The molecule has 0 radical (unpaired) electrons. The van der Waals surface area contributed by atoms with Crippen molar-refractivity contribution in [1.82, 2.24) is 0 Å². The fourth-order valence-corrected chi connectivity index (χ4v) is 2.70. The van der Waals surface area contributed by atoms with Gasteiger partial charge in [-0.3, -0.25) is 4.79 Å². The maximum Gasteiger partial charge on any atom is 0.291 e. The van der Waals surface area contributed by atoms with Gasteiger partial charge in [0, 0.05) is 23.7 Å². The molecule has 124 valence electrons. The number of halogens is 3. The highest BCUT2D eigenvalue weighted by molar-refractivity contribution is 14.1. The van der Waals surface area contributed by atoms with Crippen molar-refractivity contribution >= 4 is 45.2 Å². The van der Waals surface area contributed by atoms with Crippen LogP contribution in [-0.4, -0.2) is 13.0 Å². The SMILES string of the molecule is COCc1c(C(=O)Nc2cc(F)c(I)c(F)c2)oc2ccccc12. The number of methoxy groups -OCH3 is 1. The van der Waals surface area contributed by atoms with E-state index in [4.69, 9.17) is 9.15 Å². The molecule has 7 heteroatoms. The first kappa shape index (κ1) is 16.8. The van der Waals surface area contributed by atoms with Gasteiger partial charge in [0.05, 0.1) is 10.2 Å². The van der Waals surface area contributed by atoms with E-state index < -0.39 is 17.5 Å². The first-order chi connectivity index (χ1) is 11.5. The smallest absolute Gasteiger partial charge is 0.291 e. The van der Waals surface area contributed by atoms with Crippen molar-refractivity contribution in [1.29, 1.82) is 0 Å². The van der Waals surface area contributed by atoms with Gasteiger partial charge in [0.25, 0.3) is 5.91 Å². The van der Waals surface area contributed by atoms with Crippen molar-refractivity contribution in [3.63, 3.8) is 0 Å². The van der Waals surface area contributed by atoms with Crippen LogP contribution in [0.2, 0.25) is 0 Å². The van der Waals surface area contributed by atoms with Crippen molar-refractivity contribution in [3.8, 4) is 0 Å². The molecule has 0 atom stereocenters. The van der Waals surface area contributed by atoms with Gasteiger partial charge in [0.1, 0.15) is 17.2 Å². The number of ether oxygens (including phenoxy) is 1. The second-order valence-electron chi connectivity index (χ2n) is 5.05. The molecule has 0 unspecified atom stereocenters. The lowest BCUT2D eigenvalue weighted by molar-refractivity contribution is 0.0992. The van der Waals surface area contributed by atoms with E-state index >= 15 is 0 Å². The van der Waals surface area contributed by atoms with E-state index in [1.165, 1.54) is 7.11 Å². The molecule has 0 aliphatic heterocycles. The molecule has 3 aromatic rings. The highest BCUT2D eigenvalue weighted by atomic mass is 127. The zero-order chi connectivity index (χ0) is 17.3. The lowest BCUT2D eigenvalue weighted by Gasteiger charge is -2.07. The van der Waals surface area contributed by atoms with Gasteiger partial charge in [-0.1, -0.05) is 18.2 Å². The van der Waals surface area contributed by atoms with Crippen LogP contribution in [0.3, 0.4) is 0 Å². The summed E-state index contributed by atoms with van der Waals surface area (Å²) in [4.78, 5) is 12.5. The number of amides is 1. The second-order valence-corrected chi connectivity index (χ2v) is 6.13. The molecule has 0 spiro atoms. The van der Waals surface area contributed by atoms with E-state index in [-0.39, 0.29) is 21.6 Å². The monoisotopic (exact) mass is 443 g/mol. The minimum atomic E-state index is -0.743. The summed E-state index contributed by atoms with van der Waals surface area (Å²) in [5, 5.41) is 3.21. The average Bonchev–Trinajstić information content (AvgIpc) is 2.92. The summed E-state index contributed by atoms with van der Waals surface area (Å²) in [6, 6.07) is 9.27. The summed E-state index contributed by atoms with van der Waals surface area (Å²) in [5.41, 5.74) is 1.13. The van der Waals surface area contributed by atoms with Crippen LogP contribution in [0.25, 0.3) is 11.0 Å². The Labute approximate surface area is 149 Å². The van der Waals surface area contributed by atoms with E-state index in [0.717, 1.165) is 17.5 Å². The number of benzene rings is 2. The summed E-state index contributed by atoms with van der Waals surface area (Å²) < 4.78 is 37.8. The standard InChI is InChI=1S/C17H12F2INO3/c1-23-8-11-10-4-2-3-5-14(10)24-16(11)17(22)21-9-6-12(18)15(20)13(19)7-9/h2-7H,8H2,1H3,(H,21,22). The van der Waals surface area contributed by atoms with Crippen LogP contribution < -0.4 is 5.32 Å². The number of hydrogen-bond acceptors (Lipinski definition) is 3. The van der Waals surface area contributed by atoms with E-state index in [0.29, 0.717) is 11.1 Å². The van der Waals surface area contributed by atoms with Gasteiger partial charge in [0.15, 0.2) is 5.76 Å². The summed E-state index contributed by atoms with van der Waals surface area (Å²) >= 11 is 1.56. The lowest BCUT2D eigenvalue weighted by Crippen LogP contribution is -2.14. The van der Waals surface area contributed by atoms with Gasteiger partial charge >= 0.3 is 0 Å². The molecule has 1 amide bonds. The zero-order valence-electron chi connectivity index (χ0n) is 12.5. The molecule has 1 aromatic heterocycles. The molecule has 0 saturated heterocycles. The Bertz CT molecular complexity index is 900. The molecular formula is C17H12F2INO3. The van der Waals surface area contributed by atoms with Crippen LogP contribution in [0, 0.1) is 15.2 Å². The molecule has 24 heavy (non-hydrogen) atoms. The predicted molar refractivity (Wildman–Crippen MR) is 94.0 cm³/mol. The van der Waals surface area contributed by atoms with Gasteiger partial charge in [0.2, 0.25) is 0 Å². The third-order valence-electron chi connectivity index (χ3n) is 3.43. The molecule has 4 nitrogen and oxygen atoms in total. The normalized spacial score (nSPS) is 11.0. The third-order valence-corrected chi connectivity index (χ3v) is 4.47. The van der Waals surface area contributed by atoms with Crippen LogP contribution in [0.4, 0.5) is 14.5 Å². The summed E-state index contributed by atoms with van der Waals surface area (Å²) in [6.07, 6.45) is 0. The fourth-order valence-electron chi connectivity index (χ4n) is 2.39. The van der Waals surface area contributed by atoms with Crippen LogP contribution in [0.1, 0.15) is 16.1 Å². The minimum absolute atomic E-state index is 0.0132. The van der Waals surface area contributed by atoms with Crippen LogP contribution in [-0.2, 0) is 11.3 Å². The number of para-hydroxylation sites is 1. The molecule has 0 aliphatic carbocycles. The lowest BCUT2D eigenvalue weighted by atomic mass is 10.1. The Morgan fingerprint density at radius 2 is 1.92 bits per heavy atom. The fraction of sp³-hybridized carbons (Fsp3) is 0.118. The molecule has 0 saturated carbocycles. The summed E-state index contributed by atoms with van der Waals surface area (Å²) in [5.74, 6) is -2.03. The van der Waals surface area contributed by atoms with Gasteiger partial charge in [-0.15, -0.1) is 0 Å². The first-order valence-electron chi connectivity index (χ1n) is 6.96. The van der Waals surface area contributed by atoms with Crippen LogP contribution >= 0.6 is 22.6 Å². The number of fused-ring (bicyclic) bond motifs is 1. The summed E-state index contributed by atoms with van der Waals surface area (Å²) in [6.45, 7) is 0.176. The highest BCUT2D eigenvalue weighted by Gasteiger charge is 2.21. The minimum Gasteiger partial charge on any atom is -0.451 e. The molecule has 1 heterocycles. The number of rotatable bonds is 4. The van der Waals surface area contributed by atoms with Crippen molar-refractivity contribution < 1.29 is 22.7 Å². The van der Waals surface area contributed by atoms with Gasteiger partial charge in [-0.2, -0.15) is 0 Å². The van der Waals surface area contributed by atoms with Gasteiger partial charge in [-0.25, -0.2) is 8.78 Å². The van der Waals surface area contributed by atoms with E-state index in [2.05, 4.69) is 5.32 Å². The Morgan fingerprint density at radius 3 is 2.58 bits per heavy atom. The molecule has 0 bridgehead atoms. The Hall–Kier alpha value is -2.00. The number of hydrogen-bond donors (Lipinski definition) is 1. The molecule has 1 N–H and O–H groups in total. The maximum absolute atomic E-state index is 13.6. The number of nitrogens with one attached hydrogen (secondary N) is 1. The molecule has 3 rings (SSSR count). The largest absolute Gasteiger partial charge is 0.451 e. The number of furan rings is 1. The highest BCUT2D eigenvalue weighted by Crippen LogP contribution is 2.28. The second kappa shape index (κ2) is 6.86. The van der Waals surface area contributed by atoms with E-state index in [9.17, 15) is 13.6 Å². The van der Waals surface area contributed by atoms with Crippen molar-refractivity contribution in [2.45, 2.75) is 6.61 Å². The number of carbonyl (C=O) groups excluding carboxylic acids is 1. The number of anilines is 1. The number of carbonyl (C=O) groups is 1. The Morgan fingerprint density at radius 1 is 1.25 bits per heavy atom. The molecular weight excluding hydrogens is 431 g/mol. The quantitative estimate of drug-likeness (QED) is 0.470. The Balaban J connectivity index is 1.98. The maximum atomic E-state index is 13.6. The zero-order valence-corrected chi connectivity index (χ0v) is 14.7. The topological polar surface area (TPSA) is 51.5 Å². The Kier molecular flexibility index (Phi) is 4.81.